The van der Waals surface area contributed by atoms with Gasteiger partial charge in [0.1, 0.15) is 0 Å². The second kappa shape index (κ2) is 10.1. The molecular formula is C12H20MnO4. The van der Waals surface area contributed by atoms with E-state index in [1.807, 2.05) is 0 Å². The molecule has 0 unspecified atom stereocenters. The molecule has 0 fully saturated rings. The Balaban J connectivity index is -0.000000218. The molecule has 0 rings (SSSR count). The molecule has 0 spiro atoms. The molecule has 0 aromatic carbocycles. The van der Waals surface area contributed by atoms with Crippen LogP contribution in [0, 0.1) is 0 Å². The third-order valence-corrected chi connectivity index (χ3v) is 2.14. The first-order chi connectivity index (χ1) is 7.11. The Morgan fingerprint density at radius 2 is 0.824 bits per heavy atom. The maximum absolute atomic E-state index is 10.4. The van der Waals surface area contributed by atoms with Gasteiger partial charge >= 0.3 is 0 Å². The summed E-state index contributed by atoms with van der Waals surface area (Å²) >= 11 is 0. The van der Waals surface area contributed by atoms with Gasteiger partial charge in [-0.05, 0) is 41.5 Å². The fraction of sp³-hybridized carbons (Fsp3) is 0.500. The average molecular weight is 283 g/mol. The van der Waals surface area contributed by atoms with Crippen molar-refractivity contribution in [3.63, 3.8) is 0 Å². The number of aliphatic hydroxyl groups is 2. The van der Waals surface area contributed by atoms with Crippen LogP contribution in [0.4, 0.5) is 0 Å². The van der Waals surface area contributed by atoms with E-state index < -0.39 is 0 Å². The maximum atomic E-state index is 10.4. The van der Waals surface area contributed by atoms with Crippen LogP contribution in [-0.2, 0) is 26.7 Å². The summed E-state index contributed by atoms with van der Waals surface area (Å²) in [6, 6.07) is 0. The molecule has 17 heavy (non-hydrogen) atoms. The summed E-state index contributed by atoms with van der Waals surface area (Å²) in [6.45, 7) is 9.03. The fourth-order valence-electron chi connectivity index (χ4n) is 0.510. The van der Waals surface area contributed by atoms with Gasteiger partial charge in [0.2, 0.25) is 0 Å². The second-order valence-corrected chi connectivity index (χ2v) is 3.53. The molecular weight excluding hydrogens is 263 g/mol. The Morgan fingerprint density at radius 1 is 0.647 bits per heavy atom. The van der Waals surface area contributed by atoms with E-state index in [4.69, 9.17) is 10.2 Å². The Morgan fingerprint density at radius 3 is 0.824 bits per heavy atom. The second-order valence-electron chi connectivity index (χ2n) is 3.53. The van der Waals surface area contributed by atoms with Crippen LogP contribution in [-0.4, -0.2) is 21.8 Å². The summed E-state index contributed by atoms with van der Waals surface area (Å²) in [5.41, 5.74) is 0.870. The van der Waals surface area contributed by atoms with E-state index in [9.17, 15) is 9.59 Å². The molecule has 0 aliphatic rings. The molecule has 0 amide bonds. The van der Waals surface area contributed by atoms with E-state index in [1.54, 1.807) is 13.8 Å². The maximum Gasteiger partial charge on any atom is 0.158 e. The number of carbonyl (C=O) groups excluding carboxylic acids is 2. The number of Topliss-reactive ketones (excluding diaryl/α,β-unsaturated/α-hetero) is 2. The molecule has 0 atom stereocenters. The predicted octanol–water partition coefficient (Wildman–Crippen LogP) is 2.85. The van der Waals surface area contributed by atoms with Gasteiger partial charge in [0.05, 0.1) is 11.5 Å². The Kier molecular flexibility index (Phi) is 12.6. The number of ketones is 2. The summed E-state index contributed by atoms with van der Waals surface area (Å²) < 4.78 is 0. The SMILES string of the molecule is CC(=O)C(C)=C(C)O.CC(=O)C(C)=C(C)O.[Mn]. The van der Waals surface area contributed by atoms with E-state index in [0.717, 1.165) is 0 Å². The van der Waals surface area contributed by atoms with Crippen molar-refractivity contribution in [3.05, 3.63) is 22.7 Å². The number of hydrogen-bond acceptors (Lipinski definition) is 4. The molecule has 0 saturated heterocycles. The molecule has 0 heterocycles. The van der Waals surface area contributed by atoms with Gasteiger partial charge in [-0.2, -0.15) is 0 Å². The molecule has 0 aliphatic carbocycles. The fourth-order valence-corrected chi connectivity index (χ4v) is 0.510. The molecule has 0 bridgehead atoms. The first-order valence-electron chi connectivity index (χ1n) is 4.86. The first-order valence-corrected chi connectivity index (χ1v) is 4.86. The summed E-state index contributed by atoms with van der Waals surface area (Å²) in [5.74, 6) is 0.0602. The van der Waals surface area contributed by atoms with Gasteiger partial charge in [-0.25, -0.2) is 0 Å². The number of carbonyl (C=O) groups is 2. The topological polar surface area (TPSA) is 74.6 Å². The van der Waals surface area contributed by atoms with Crippen molar-refractivity contribution in [1.29, 1.82) is 0 Å². The summed E-state index contributed by atoms with van der Waals surface area (Å²) in [7, 11) is 0. The van der Waals surface area contributed by atoms with Crippen LogP contribution in [0.2, 0.25) is 0 Å². The van der Waals surface area contributed by atoms with E-state index in [-0.39, 0.29) is 40.2 Å². The molecule has 0 aliphatic heterocycles. The van der Waals surface area contributed by atoms with Gasteiger partial charge in [-0.15, -0.1) is 0 Å². The van der Waals surface area contributed by atoms with Crippen LogP contribution in [0.15, 0.2) is 22.7 Å². The molecule has 1 radical (unpaired) electrons. The zero-order valence-corrected chi connectivity index (χ0v) is 12.3. The van der Waals surface area contributed by atoms with Crippen LogP contribution in [0.1, 0.15) is 41.5 Å². The van der Waals surface area contributed by atoms with Crippen molar-refractivity contribution in [2.45, 2.75) is 41.5 Å². The van der Waals surface area contributed by atoms with Crippen molar-refractivity contribution in [1.82, 2.24) is 0 Å². The molecule has 99 valence electrons. The minimum Gasteiger partial charge on any atom is -0.512 e. The van der Waals surface area contributed by atoms with Gasteiger partial charge in [0.25, 0.3) is 0 Å². The molecule has 5 heteroatoms. The zero-order valence-electron chi connectivity index (χ0n) is 11.1. The van der Waals surface area contributed by atoms with Crippen molar-refractivity contribution in [2.75, 3.05) is 0 Å². The molecule has 0 saturated carbocycles. The molecule has 0 aromatic heterocycles. The van der Waals surface area contributed by atoms with Gasteiger partial charge in [0, 0.05) is 28.2 Å². The molecule has 2 N–H and O–H groups in total. The van der Waals surface area contributed by atoms with Crippen LogP contribution in [0.3, 0.4) is 0 Å². The monoisotopic (exact) mass is 283 g/mol. The number of hydrogen-bond donors (Lipinski definition) is 2. The normalized spacial score (nSPS) is 12.1. The summed E-state index contributed by atoms with van der Waals surface area (Å²) in [4.78, 5) is 20.7. The van der Waals surface area contributed by atoms with Crippen LogP contribution >= 0.6 is 0 Å². The van der Waals surface area contributed by atoms with Crippen LogP contribution in [0.5, 0.6) is 0 Å². The number of rotatable bonds is 2. The third kappa shape index (κ3) is 11.2. The predicted molar refractivity (Wildman–Crippen MR) is 63.4 cm³/mol. The molecule has 0 aromatic rings. The van der Waals surface area contributed by atoms with E-state index in [2.05, 4.69) is 0 Å². The van der Waals surface area contributed by atoms with Crippen molar-refractivity contribution in [3.8, 4) is 0 Å². The quantitative estimate of drug-likeness (QED) is 0.464. The van der Waals surface area contributed by atoms with Gasteiger partial charge in [-0.1, -0.05) is 0 Å². The smallest absolute Gasteiger partial charge is 0.158 e. The van der Waals surface area contributed by atoms with E-state index in [0.29, 0.717) is 11.1 Å². The van der Waals surface area contributed by atoms with Gasteiger partial charge < -0.3 is 10.2 Å². The van der Waals surface area contributed by atoms with E-state index >= 15 is 0 Å². The van der Waals surface area contributed by atoms with Crippen molar-refractivity contribution < 1.29 is 36.9 Å². The number of allylic oxidation sites excluding steroid dienone is 4. The standard InChI is InChI=1S/2C6H10O2.Mn/c2*1-4(5(2)7)6(3)8;/h2*7H,1-3H3;. The van der Waals surface area contributed by atoms with Gasteiger partial charge in [-0.3, -0.25) is 9.59 Å². The van der Waals surface area contributed by atoms with Gasteiger partial charge in [0.15, 0.2) is 11.6 Å². The summed E-state index contributed by atoms with van der Waals surface area (Å²) in [5, 5.41) is 17.3. The van der Waals surface area contributed by atoms with Crippen LogP contribution < -0.4 is 0 Å². The van der Waals surface area contributed by atoms with Crippen molar-refractivity contribution in [2.24, 2.45) is 0 Å². The third-order valence-electron chi connectivity index (χ3n) is 2.14. The Labute approximate surface area is 113 Å². The first kappa shape index (κ1) is 21.2. The minimum absolute atomic E-state index is 0. The minimum atomic E-state index is -0.0787. The average Bonchev–Trinajstić information content (AvgIpc) is 2.15. The Bertz CT molecular complexity index is 298. The summed E-state index contributed by atoms with van der Waals surface area (Å²) in [6.07, 6.45) is 0. The zero-order chi connectivity index (χ0) is 13.5. The largest absolute Gasteiger partial charge is 0.512 e. The number of aliphatic hydroxyl groups excluding tert-OH is 2. The van der Waals surface area contributed by atoms with E-state index in [1.165, 1.54) is 27.7 Å². The Hall–Kier alpha value is -1.06. The van der Waals surface area contributed by atoms with Crippen LogP contribution in [0.25, 0.3) is 0 Å². The molecule has 4 nitrogen and oxygen atoms in total. The van der Waals surface area contributed by atoms with Crippen molar-refractivity contribution >= 4 is 11.6 Å².